The molecular formula is C17H11ClN2O3S. The number of anilines is 1. The summed E-state index contributed by atoms with van der Waals surface area (Å²) in [5.41, 5.74) is 0.720. The van der Waals surface area contributed by atoms with Crippen molar-refractivity contribution in [2.75, 3.05) is 4.90 Å². The molecule has 2 aromatic carbocycles. The number of aromatic hydroxyl groups is 1. The molecule has 1 saturated heterocycles. The van der Waals surface area contributed by atoms with Crippen LogP contribution in [-0.4, -0.2) is 22.0 Å². The lowest BCUT2D eigenvalue weighted by Gasteiger charge is -2.29. The monoisotopic (exact) mass is 358 g/mol. The summed E-state index contributed by atoms with van der Waals surface area (Å²) >= 11 is 11.0. The minimum absolute atomic E-state index is 0.0123. The van der Waals surface area contributed by atoms with E-state index in [4.69, 9.17) is 23.8 Å². The summed E-state index contributed by atoms with van der Waals surface area (Å²) < 4.78 is 0. The van der Waals surface area contributed by atoms with Gasteiger partial charge in [0.05, 0.1) is 5.69 Å². The first-order chi connectivity index (χ1) is 11.5. The van der Waals surface area contributed by atoms with E-state index in [1.165, 1.54) is 17.0 Å². The third kappa shape index (κ3) is 3.02. The fourth-order valence-corrected chi connectivity index (χ4v) is 2.65. The van der Waals surface area contributed by atoms with E-state index in [2.05, 4.69) is 5.32 Å². The number of nitrogens with zero attached hydrogens (tertiary/aromatic N) is 1. The van der Waals surface area contributed by atoms with Gasteiger partial charge in [-0.15, -0.1) is 0 Å². The molecule has 0 bridgehead atoms. The largest absolute Gasteiger partial charge is 0.507 e. The topological polar surface area (TPSA) is 69.6 Å². The number of thiocarbonyl (C=S) groups is 1. The van der Waals surface area contributed by atoms with Crippen molar-refractivity contribution in [3.8, 4) is 5.75 Å². The summed E-state index contributed by atoms with van der Waals surface area (Å²) in [5, 5.41) is 12.8. The van der Waals surface area contributed by atoms with Crippen LogP contribution in [0, 0.1) is 0 Å². The minimum atomic E-state index is -0.613. The van der Waals surface area contributed by atoms with Crippen LogP contribution < -0.4 is 10.2 Å². The highest BCUT2D eigenvalue weighted by atomic mass is 35.5. The first kappa shape index (κ1) is 16.2. The van der Waals surface area contributed by atoms with Gasteiger partial charge in [-0.05, 0) is 48.6 Å². The van der Waals surface area contributed by atoms with Crippen LogP contribution in [0.4, 0.5) is 5.69 Å². The lowest BCUT2D eigenvalue weighted by molar-refractivity contribution is -0.122. The molecule has 0 atom stereocenters. The molecular weight excluding hydrogens is 348 g/mol. The third-order valence-corrected chi connectivity index (χ3v) is 3.96. The van der Waals surface area contributed by atoms with Gasteiger partial charge in [0, 0.05) is 10.6 Å². The van der Waals surface area contributed by atoms with Gasteiger partial charge in [-0.1, -0.05) is 29.8 Å². The molecule has 1 aliphatic rings. The van der Waals surface area contributed by atoms with Gasteiger partial charge >= 0.3 is 0 Å². The predicted octanol–water partition coefficient (Wildman–Crippen LogP) is 2.88. The van der Waals surface area contributed by atoms with Crippen molar-refractivity contribution >= 4 is 52.5 Å². The number of rotatable bonds is 2. The standard InChI is InChI=1S/C17H11ClN2O3S/c18-11-5-7-12(8-6-11)20-16(23)13(15(22)19-17(20)24)9-10-3-1-2-4-14(10)21/h1-9,21H,(H,19,22,24)/b13-9-. The predicted molar refractivity (Wildman–Crippen MR) is 95.8 cm³/mol. The highest BCUT2D eigenvalue weighted by Gasteiger charge is 2.34. The SMILES string of the molecule is O=C1NC(=S)N(c2ccc(Cl)cc2)C(=O)/C1=C\c1ccccc1O. The second kappa shape index (κ2) is 6.43. The molecule has 2 N–H and O–H groups in total. The molecule has 1 fully saturated rings. The maximum absolute atomic E-state index is 12.7. The molecule has 0 radical (unpaired) electrons. The second-order valence-corrected chi connectivity index (χ2v) is 5.82. The molecule has 0 unspecified atom stereocenters. The maximum Gasteiger partial charge on any atom is 0.270 e. The van der Waals surface area contributed by atoms with Crippen molar-refractivity contribution in [3.63, 3.8) is 0 Å². The second-order valence-electron chi connectivity index (χ2n) is 4.99. The fraction of sp³-hybridized carbons (Fsp3) is 0. The molecule has 3 rings (SSSR count). The summed E-state index contributed by atoms with van der Waals surface area (Å²) in [4.78, 5) is 26.1. The highest BCUT2D eigenvalue weighted by molar-refractivity contribution is 7.80. The number of para-hydroxylation sites is 1. The van der Waals surface area contributed by atoms with Crippen molar-refractivity contribution in [1.82, 2.24) is 5.32 Å². The molecule has 0 aromatic heterocycles. The number of phenols is 1. The molecule has 120 valence electrons. The Labute approximate surface area is 148 Å². The van der Waals surface area contributed by atoms with Crippen molar-refractivity contribution in [2.45, 2.75) is 0 Å². The number of halogens is 1. The van der Waals surface area contributed by atoms with Gasteiger partial charge in [-0.25, -0.2) is 0 Å². The molecule has 1 aliphatic heterocycles. The van der Waals surface area contributed by atoms with Gasteiger partial charge in [0.15, 0.2) is 5.11 Å². The first-order valence-electron chi connectivity index (χ1n) is 6.92. The summed E-state index contributed by atoms with van der Waals surface area (Å²) in [5.74, 6) is -1.22. The van der Waals surface area contributed by atoms with Gasteiger partial charge in [0.1, 0.15) is 11.3 Å². The normalized spacial score (nSPS) is 16.5. The number of phenolic OH excluding ortho intramolecular Hbond substituents is 1. The minimum Gasteiger partial charge on any atom is -0.507 e. The quantitative estimate of drug-likeness (QED) is 0.492. The van der Waals surface area contributed by atoms with Crippen LogP contribution in [0.2, 0.25) is 5.02 Å². The Balaban J connectivity index is 2.03. The number of hydrogen-bond donors (Lipinski definition) is 2. The molecule has 7 heteroatoms. The number of hydrogen-bond acceptors (Lipinski definition) is 4. The molecule has 1 heterocycles. The lowest BCUT2D eigenvalue weighted by atomic mass is 10.1. The van der Waals surface area contributed by atoms with E-state index in [0.717, 1.165) is 0 Å². The molecule has 2 aromatic rings. The fourth-order valence-electron chi connectivity index (χ4n) is 2.25. The van der Waals surface area contributed by atoms with Crippen LogP contribution in [0.25, 0.3) is 6.08 Å². The van der Waals surface area contributed by atoms with Gasteiger partial charge in [0.25, 0.3) is 11.8 Å². The van der Waals surface area contributed by atoms with Crippen LogP contribution in [0.1, 0.15) is 5.56 Å². The van der Waals surface area contributed by atoms with Gasteiger partial charge in [-0.3, -0.25) is 19.8 Å². The zero-order valence-electron chi connectivity index (χ0n) is 12.2. The summed E-state index contributed by atoms with van der Waals surface area (Å²) in [7, 11) is 0. The van der Waals surface area contributed by atoms with Gasteiger partial charge < -0.3 is 5.11 Å². The Bertz CT molecular complexity index is 878. The molecule has 0 saturated carbocycles. The van der Waals surface area contributed by atoms with Crippen molar-refractivity contribution in [1.29, 1.82) is 0 Å². The third-order valence-electron chi connectivity index (χ3n) is 3.42. The van der Waals surface area contributed by atoms with Crippen LogP contribution >= 0.6 is 23.8 Å². The molecule has 2 amide bonds. The van der Waals surface area contributed by atoms with E-state index in [9.17, 15) is 14.7 Å². The Hall–Kier alpha value is -2.70. The number of benzene rings is 2. The van der Waals surface area contributed by atoms with E-state index < -0.39 is 11.8 Å². The average Bonchev–Trinajstić information content (AvgIpc) is 2.54. The van der Waals surface area contributed by atoms with Gasteiger partial charge in [0.2, 0.25) is 0 Å². The number of carbonyl (C=O) groups excluding carboxylic acids is 2. The zero-order chi connectivity index (χ0) is 17.3. The highest BCUT2D eigenvalue weighted by Crippen LogP contribution is 2.25. The summed E-state index contributed by atoms with van der Waals surface area (Å²) in [6.45, 7) is 0. The van der Waals surface area contributed by atoms with Crippen molar-refractivity contribution in [3.05, 3.63) is 64.7 Å². The number of carbonyl (C=O) groups is 2. The molecule has 0 spiro atoms. The summed E-state index contributed by atoms with van der Waals surface area (Å²) in [6.07, 6.45) is 1.33. The van der Waals surface area contributed by atoms with Gasteiger partial charge in [-0.2, -0.15) is 0 Å². The summed E-state index contributed by atoms with van der Waals surface area (Å²) in [6, 6.07) is 12.9. The lowest BCUT2D eigenvalue weighted by Crippen LogP contribution is -2.54. The Kier molecular flexibility index (Phi) is 4.33. The van der Waals surface area contributed by atoms with E-state index in [1.807, 2.05) is 0 Å². The van der Waals surface area contributed by atoms with E-state index in [1.54, 1.807) is 42.5 Å². The smallest absolute Gasteiger partial charge is 0.270 e. The Morgan fingerprint density at radius 2 is 1.75 bits per heavy atom. The van der Waals surface area contributed by atoms with Crippen LogP contribution in [0.5, 0.6) is 5.75 Å². The Morgan fingerprint density at radius 1 is 1.08 bits per heavy atom. The van der Waals surface area contributed by atoms with E-state index >= 15 is 0 Å². The van der Waals surface area contributed by atoms with Crippen LogP contribution in [0.3, 0.4) is 0 Å². The van der Waals surface area contributed by atoms with E-state index in [-0.39, 0.29) is 16.4 Å². The molecule has 5 nitrogen and oxygen atoms in total. The van der Waals surface area contributed by atoms with E-state index in [0.29, 0.717) is 16.3 Å². The maximum atomic E-state index is 12.7. The number of nitrogens with one attached hydrogen (secondary N) is 1. The molecule has 0 aliphatic carbocycles. The zero-order valence-corrected chi connectivity index (χ0v) is 13.8. The van der Waals surface area contributed by atoms with Crippen molar-refractivity contribution in [2.24, 2.45) is 0 Å². The first-order valence-corrected chi connectivity index (χ1v) is 7.71. The number of amides is 2. The van der Waals surface area contributed by atoms with Crippen molar-refractivity contribution < 1.29 is 14.7 Å². The average molecular weight is 359 g/mol. The van der Waals surface area contributed by atoms with Crippen LogP contribution in [0.15, 0.2) is 54.1 Å². The molecule has 24 heavy (non-hydrogen) atoms. The van der Waals surface area contributed by atoms with Crippen LogP contribution in [-0.2, 0) is 9.59 Å². The Morgan fingerprint density at radius 3 is 2.42 bits per heavy atom.